The third-order valence-corrected chi connectivity index (χ3v) is 5.20. The summed E-state index contributed by atoms with van der Waals surface area (Å²) in [5.41, 5.74) is 8.92. The van der Waals surface area contributed by atoms with Crippen LogP contribution in [0, 0.1) is 24.5 Å². The van der Waals surface area contributed by atoms with E-state index in [-0.39, 0.29) is 0 Å². The summed E-state index contributed by atoms with van der Waals surface area (Å²) in [4.78, 5) is 13.6. The molecule has 1 aliphatic heterocycles. The molecule has 144 valence electrons. The quantitative estimate of drug-likeness (QED) is 0.824. The van der Waals surface area contributed by atoms with Gasteiger partial charge in [-0.2, -0.15) is 0 Å². The number of primary amides is 1. The summed E-state index contributed by atoms with van der Waals surface area (Å²) in [6, 6.07) is 8.96. The van der Waals surface area contributed by atoms with Gasteiger partial charge in [0.25, 0.3) is 0 Å². The molecule has 0 atom stereocenters. The van der Waals surface area contributed by atoms with E-state index < -0.39 is 17.7 Å². The number of halogens is 2. The molecule has 2 aromatic carbocycles. The van der Waals surface area contributed by atoms with Crippen LogP contribution in [0.2, 0.25) is 0 Å². The lowest BCUT2D eigenvalue weighted by molar-refractivity contribution is 0.177. The number of benzene rings is 2. The topological polar surface area (TPSA) is 58.4 Å². The molecule has 0 bridgehead atoms. The van der Waals surface area contributed by atoms with E-state index in [1.165, 1.54) is 12.1 Å². The molecule has 4 nitrogen and oxygen atoms in total. The first-order valence-corrected chi connectivity index (χ1v) is 9.23. The van der Waals surface area contributed by atoms with E-state index in [1.807, 2.05) is 25.1 Å². The first-order chi connectivity index (χ1) is 12.9. The molecule has 27 heavy (non-hydrogen) atoms. The van der Waals surface area contributed by atoms with Crippen molar-refractivity contribution < 1.29 is 13.6 Å². The van der Waals surface area contributed by atoms with Crippen molar-refractivity contribution in [1.82, 2.24) is 4.90 Å². The molecule has 0 aromatic heterocycles. The smallest absolute Gasteiger partial charge is 0.316 e. The molecule has 1 fully saturated rings. The minimum absolute atomic E-state index is 0.419. The lowest BCUT2D eigenvalue weighted by Crippen LogP contribution is -2.34. The van der Waals surface area contributed by atoms with Crippen LogP contribution in [0.4, 0.5) is 19.3 Å². The van der Waals surface area contributed by atoms with Gasteiger partial charge in [0.2, 0.25) is 0 Å². The van der Waals surface area contributed by atoms with Crippen LogP contribution in [-0.4, -0.2) is 24.0 Å². The lowest BCUT2D eigenvalue weighted by atomic mass is 9.89. The molecule has 0 radical (unpaired) electrons. The fraction of sp³-hybridized carbons (Fsp3) is 0.381. The van der Waals surface area contributed by atoms with Crippen LogP contribution in [0.3, 0.4) is 0 Å². The van der Waals surface area contributed by atoms with Crippen LogP contribution in [0.15, 0.2) is 36.4 Å². The van der Waals surface area contributed by atoms with Crippen LogP contribution < -0.4 is 11.1 Å². The summed E-state index contributed by atoms with van der Waals surface area (Å²) in [6.45, 7) is 4.58. The number of hydrogen-bond donors (Lipinski definition) is 2. The Kier molecular flexibility index (Phi) is 6.06. The van der Waals surface area contributed by atoms with Gasteiger partial charge in [-0.3, -0.25) is 4.90 Å². The van der Waals surface area contributed by atoms with E-state index in [0.717, 1.165) is 60.9 Å². The van der Waals surface area contributed by atoms with Gasteiger partial charge in [0.15, 0.2) is 0 Å². The third-order valence-electron chi connectivity index (χ3n) is 5.20. The number of aryl methyl sites for hydroxylation is 1. The average molecular weight is 373 g/mol. The van der Waals surface area contributed by atoms with E-state index in [1.54, 1.807) is 0 Å². The van der Waals surface area contributed by atoms with E-state index in [4.69, 9.17) is 5.73 Å². The standard InChI is InChI=1S/C21H25F2N3O/c1-14-3-2-4-20(25-21(24)27)19(14)13-26-7-5-15(6-8-26)9-16-10-17(22)12-18(23)11-16/h2-4,10-12,15H,5-9,13H2,1H3,(H3,24,25,27). The second-order valence-electron chi connectivity index (χ2n) is 7.29. The van der Waals surface area contributed by atoms with Crippen LogP contribution in [0.1, 0.15) is 29.5 Å². The van der Waals surface area contributed by atoms with Crippen molar-refractivity contribution >= 4 is 11.7 Å². The highest BCUT2D eigenvalue weighted by Crippen LogP contribution is 2.26. The second-order valence-corrected chi connectivity index (χ2v) is 7.29. The summed E-state index contributed by atoms with van der Waals surface area (Å²) in [6.07, 6.45) is 2.65. The first-order valence-electron chi connectivity index (χ1n) is 9.23. The highest BCUT2D eigenvalue weighted by atomic mass is 19.1. The summed E-state index contributed by atoms with van der Waals surface area (Å²) in [7, 11) is 0. The number of hydrogen-bond acceptors (Lipinski definition) is 2. The average Bonchev–Trinajstić information content (AvgIpc) is 2.58. The molecule has 0 aliphatic carbocycles. The van der Waals surface area contributed by atoms with E-state index in [2.05, 4.69) is 10.2 Å². The van der Waals surface area contributed by atoms with Gasteiger partial charge < -0.3 is 11.1 Å². The SMILES string of the molecule is Cc1cccc(NC(N)=O)c1CN1CCC(Cc2cc(F)cc(F)c2)CC1. The van der Waals surface area contributed by atoms with E-state index in [9.17, 15) is 13.6 Å². The predicted octanol–water partition coefficient (Wildman–Crippen LogP) is 4.22. The number of carbonyl (C=O) groups is 1. The van der Waals surface area contributed by atoms with E-state index >= 15 is 0 Å². The zero-order valence-corrected chi connectivity index (χ0v) is 15.5. The van der Waals surface area contributed by atoms with Gasteiger partial charge in [-0.25, -0.2) is 13.6 Å². The minimum atomic E-state index is -0.567. The molecule has 1 heterocycles. The number of piperidine rings is 1. The van der Waals surface area contributed by atoms with E-state index in [0.29, 0.717) is 12.3 Å². The Labute approximate surface area is 158 Å². The van der Waals surface area contributed by atoms with Gasteiger partial charge in [-0.05, 0) is 80.1 Å². The summed E-state index contributed by atoms with van der Waals surface area (Å²) in [5.74, 6) is -0.615. The van der Waals surface area contributed by atoms with Crippen molar-refractivity contribution in [3.63, 3.8) is 0 Å². The minimum Gasteiger partial charge on any atom is -0.351 e. The molecule has 0 saturated carbocycles. The van der Waals surface area contributed by atoms with Crippen LogP contribution in [0.5, 0.6) is 0 Å². The number of rotatable bonds is 5. The second kappa shape index (κ2) is 8.48. The first kappa shape index (κ1) is 19.3. The molecular weight excluding hydrogens is 348 g/mol. The monoisotopic (exact) mass is 373 g/mol. The van der Waals surface area contributed by atoms with Gasteiger partial charge in [-0.1, -0.05) is 12.1 Å². The van der Waals surface area contributed by atoms with Gasteiger partial charge in [-0.15, -0.1) is 0 Å². The molecule has 3 rings (SSSR count). The Balaban J connectivity index is 1.59. The van der Waals surface area contributed by atoms with Crippen molar-refractivity contribution in [1.29, 1.82) is 0 Å². The van der Waals surface area contributed by atoms with Crippen molar-refractivity contribution in [2.45, 2.75) is 32.7 Å². The number of anilines is 1. The fourth-order valence-electron chi connectivity index (χ4n) is 3.80. The maximum atomic E-state index is 13.4. The largest absolute Gasteiger partial charge is 0.351 e. The molecule has 1 saturated heterocycles. The van der Waals surface area contributed by atoms with Crippen LogP contribution >= 0.6 is 0 Å². The third kappa shape index (κ3) is 5.26. The highest BCUT2D eigenvalue weighted by Gasteiger charge is 2.21. The summed E-state index contributed by atoms with van der Waals surface area (Å²) in [5, 5.41) is 2.70. The molecule has 2 amide bonds. The van der Waals surface area contributed by atoms with Gasteiger partial charge in [0.1, 0.15) is 11.6 Å². The Morgan fingerprint density at radius 3 is 2.48 bits per heavy atom. The number of nitrogens with one attached hydrogen (secondary N) is 1. The van der Waals surface area contributed by atoms with Crippen molar-refractivity contribution in [2.75, 3.05) is 18.4 Å². The molecule has 0 spiro atoms. The van der Waals surface area contributed by atoms with Gasteiger partial charge >= 0.3 is 6.03 Å². The normalized spacial score (nSPS) is 15.7. The molecular formula is C21H25F2N3O. The fourth-order valence-corrected chi connectivity index (χ4v) is 3.80. The van der Waals surface area contributed by atoms with Crippen LogP contribution in [-0.2, 0) is 13.0 Å². The molecule has 2 aromatic rings. The molecule has 0 unspecified atom stereocenters. The zero-order valence-electron chi connectivity index (χ0n) is 15.5. The molecule has 6 heteroatoms. The Hall–Kier alpha value is -2.47. The Morgan fingerprint density at radius 1 is 1.19 bits per heavy atom. The number of amides is 2. The molecule has 3 N–H and O–H groups in total. The number of nitrogens with two attached hydrogens (primary N) is 1. The van der Waals surface area contributed by atoms with Gasteiger partial charge in [0, 0.05) is 18.3 Å². The maximum absolute atomic E-state index is 13.4. The number of carbonyl (C=O) groups excluding carboxylic acids is 1. The molecule has 1 aliphatic rings. The van der Waals surface area contributed by atoms with Crippen molar-refractivity contribution in [3.8, 4) is 0 Å². The Bertz CT molecular complexity index is 797. The summed E-state index contributed by atoms with van der Waals surface area (Å²) >= 11 is 0. The van der Waals surface area contributed by atoms with Gasteiger partial charge in [0.05, 0.1) is 0 Å². The highest BCUT2D eigenvalue weighted by molar-refractivity contribution is 5.88. The Morgan fingerprint density at radius 2 is 1.85 bits per heavy atom. The lowest BCUT2D eigenvalue weighted by Gasteiger charge is -2.33. The van der Waals surface area contributed by atoms with Crippen molar-refractivity contribution in [2.24, 2.45) is 11.7 Å². The van der Waals surface area contributed by atoms with Crippen LogP contribution in [0.25, 0.3) is 0 Å². The summed E-state index contributed by atoms with van der Waals surface area (Å²) < 4.78 is 26.7. The maximum Gasteiger partial charge on any atom is 0.316 e. The number of nitrogens with zero attached hydrogens (tertiary/aromatic N) is 1. The predicted molar refractivity (Wildman–Crippen MR) is 102 cm³/mol. The zero-order chi connectivity index (χ0) is 19.4. The van der Waals surface area contributed by atoms with Crippen molar-refractivity contribution in [3.05, 3.63) is 64.7 Å². The number of urea groups is 1. The number of likely N-dealkylation sites (tertiary alicyclic amines) is 1.